The maximum absolute atomic E-state index is 5.40. The van der Waals surface area contributed by atoms with Crippen LogP contribution >= 0.6 is 0 Å². The number of rotatable bonds is 4. The van der Waals surface area contributed by atoms with Gasteiger partial charge in [-0.05, 0) is 37.1 Å². The van der Waals surface area contributed by atoms with Gasteiger partial charge in [0.2, 0.25) is 6.79 Å². The molecule has 0 radical (unpaired) electrons. The molecule has 0 amide bonds. The fourth-order valence-electron chi connectivity index (χ4n) is 2.38. The molecular formula is C17H19NO2. The summed E-state index contributed by atoms with van der Waals surface area (Å²) in [5, 5.41) is 3.54. The van der Waals surface area contributed by atoms with E-state index in [0.29, 0.717) is 12.8 Å². The normalized spacial score (nSPS) is 14.3. The van der Waals surface area contributed by atoms with Crippen molar-refractivity contribution in [2.45, 2.75) is 26.4 Å². The molecule has 0 fully saturated rings. The predicted octanol–water partition coefficient (Wildman–Crippen LogP) is 3.57. The standard InChI is InChI=1S/C17H19NO2/c1-12-4-3-5-15(8-12)13(2)18-10-14-6-7-16-17(9-14)20-11-19-16/h3-9,13,18H,10-11H2,1-2H3. The third kappa shape index (κ3) is 2.78. The fourth-order valence-corrected chi connectivity index (χ4v) is 2.38. The molecule has 3 heteroatoms. The van der Waals surface area contributed by atoms with E-state index in [1.54, 1.807) is 0 Å². The van der Waals surface area contributed by atoms with Crippen molar-refractivity contribution in [3.05, 3.63) is 59.2 Å². The van der Waals surface area contributed by atoms with Crippen LogP contribution in [0.25, 0.3) is 0 Å². The van der Waals surface area contributed by atoms with E-state index in [0.717, 1.165) is 18.0 Å². The van der Waals surface area contributed by atoms with Crippen LogP contribution in [0.5, 0.6) is 11.5 Å². The van der Waals surface area contributed by atoms with Gasteiger partial charge in [0, 0.05) is 12.6 Å². The summed E-state index contributed by atoms with van der Waals surface area (Å²) < 4.78 is 10.7. The summed E-state index contributed by atoms with van der Waals surface area (Å²) in [6.45, 7) is 5.44. The van der Waals surface area contributed by atoms with E-state index >= 15 is 0 Å². The molecule has 0 saturated carbocycles. The fraction of sp³-hybridized carbons (Fsp3) is 0.294. The molecule has 1 heterocycles. The molecule has 2 aromatic rings. The lowest BCUT2D eigenvalue weighted by Gasteiger charge is -2.15. The van der Waals surface area contributed by atoms with E-state index < -0.39 is 0 Å². The minimum Gasteiger partial charge on any atom is -0.454 e. The van der Waals surface area contributed by atoms with Gasteiger partial charge in [-0.1, -0.05) is 35.9 Å². The van der Waals surface area contributed by atoms with Crippen LogP contribution in [-0.4, -0.2) is 6.79 Å². The molecule has 0 saturated heterocycles. The number of nitrogens with one attached hydrogen (secondary N) is 1. The second-order valence-corrected chi connectivity index (χ2v) is 5.20. The van der Waals surface area contributed by atoms with Crippen LogP contribution in [0, 0.1) is 6.92 Å². The van der Waals surface area contributed by atoms with Gasteiger partial charge in [0.05, 0.1) is 0 Å². The number of benzene rings is 2. The molecule has 1 aliphatic heterocycles. The van der Waals surface area contributed by atoms with Crippen molar-refractivity contribution in [1.29, 1.82) is 0 Å². The van der Waals surface area contributed by atoms with Crippen LogP contribution in [-0.2, 0) is 6.54 Å². The lowest BCUT2D eigenvalue weighted by molar-refractivity contribution is 0.174. The highest BCUT2D eigenvalue weighted by Gasteiger charge is 2.13. The summed E-state index contributed by atoms with van der Waals surface area (Å²) in [5.41, 5.74) is 3.80. The van der Waals surface area contributed by atoms with Gasteiger partial charge in [-0.3, -0.25) is 0 Å². The Bertz CT molecular complexity index is 610. The predicted molar refractivity (Wildman–Crippen MR) is 79.0 cm³/mol. The van der Waals surface area contributed by atoms with E-state index in [2.05, 4.69) is 49.5 Å². The maximum Gasteiger partial charge on any atom is 0.231 e. The van der Waals surface area contributed by atoms with E-state index in [4.69, 9.17) is 9.47 Å². The van der Waals surface area contributed by atoms with Crippen molar-refractivity contribution in [1.82, 2.24) is 5.32 Å². The molecule has 0 spiro atoms. The van der Waals surface area contributed by atoms with Crippen LogP contribution in [0.1, 0.15) is 29.7 Å². The Morgan fingerprint density at radius 3 is 2.80 bits per heavy atom. The van der Waals surface area contributed by atoms with Crippen LogP contribution in [0.2, 0.25) is 0 Å². The van der Waals surface area contributed by atoms with Crippen LogP contribution in [0.15, 0.2) is 42.5 Å². The minimum absolute atomic E-state index is 0.320. The minimum atomic E-state index is 0.320. The highest BCUT2D eigenvalue weighted by atomic mass is 16.7. The first kappa shape index (κ1) is 13.0. The van der Waals surface area contributed by atoms with Gasteiger partial charge in [-0.15, -0.1) is 0 Å². The topological polar surface area (TPSA) is 30.5 Å². The lowest BCUT2D eigenvalue weighted by Crippen LogP contribution is -2.18. The molecule has 2 aromatic carbocycles. The Hall–Kier alpha value is -2.00. The first-order valence-corrected chi connectivity index (χ1v) is 6.91. The molecular weight excluding hydrogens is 250 g/mol. The first-order valence-electron chi connectivity index (χ1n) is 6.91. The second kappa shape index (κ2) is 5.55. The van der Waals surface area contributed by atoms with Crippen molar-refractivity contribution >= 4 is 0 Å². The third-order valence-corrected chi connectivity index (χ3v) is 3.59. The van der Waals surface area contributed by atoms with Gasteiger partial charge in [-0.25, -0.2) is 0 Å². The Morgan fingerprint density at radius 2 is 1.95 bits per heavy atom. The van der Waals surface area contributed by atoms with Gasteiger partial charge in [0.1, 0.15) is 0 Å². The van der Waals surface area contributed by atoms with Crippen molar-refractivity contribution in [3.63, 3.8) is 0 Å². The molecule has 1 aliphatic rings. The number of hydrogen-bond acceptors (Lipinski definition) is 3. The van der Waals surface area contributed by atoms with E-state index in [1.807, 2.05) is 12.1 Å². The summed E-state index contributed by atoms with van der Waals surface area (Å²) >= 11 is 0. The molecule has 1 N–H and O–H groups in total. The summed E-state index contributed by atoms with van der Waals surface area (Å²) in [4.78, 5) is 0. The number of hydrogen-bond donors (Lipinski definition) is 1. The Balaban J connectivity index is 1.64. The molecule has 0 aromatic heterocycles. The summed E-state index contributed by atoms with van der Waals surface area (Å²) in [7, 11) is 0. The largest absolute Gasteiger partial charge is 0.454 e. The highest BCUT2D eigenvalue weighted by molar-refractivity contribution is 5.44. The van der Waals surface area contributed by atoms with Crippen molar-refractivity contribution in [3.8, 4) is 11.5 Å². The zero-order valence-corrected chi connectivity index (χ0v) is 11.8. The average molecular weight is 269 g/mol. The van der Waals surface area contributed by atoms with Gasteiger partial charge in [0.25, 0.3) is 0 Å². The molecule has 3 rings (SSSR count). The van der Waals surface area contributed by atoms with E-state index in [1.165, 1.54) is 16.7 Å². The zero-order valence-electron chi connectivity index (χ0n) is 11.8. The molecule has 1 atom stereocenters. The van der Waals surface area contributed by atoms with E-state index in [9.17, 15) is 0 Å². The highest BCUT2D eigenvalue weighted by Crippen LogP contribution is 2.32. The van der Waals surface area contributed by atoms with Crippen molar-refractivity contribution < 1.29 is 9.47 Å². The molecule has 20 heavy (non-hydrogen) atoms. The number of fused-ring (bicyclic) bond motifs is 1. The average Bonchev–Trinajstić information content (AvgIpc) is 2.92. The second-order valence-electron chi connectivity index (χ2n) is 5.20. The monoisotopic (exact) mass is 269 g/mol. The van der Waals surface area contributed by atoms with Crippen LogP contribution < -0.4 is 14.8 Å². The van der Waals surface area contributed by atoms with Gasteiger partial charge in [0.15, 0.2) is 11.5 Å². The smallest absolute Gasteiger partial charge is 0.231 e. The SMILES string of the molecule is Cc1cccc(C(C)NCc2ccc3c(c2)OCO3)c1. The summed E-state index contributed by atoms with van der Waals surface area (Å²) in [6, 6.07) is 15.0. The van der Waals surface area contributed by atoms with E-state index in [-0.39, 0.29) is 0 Å². The van der Waals surface area contributed by atoms with Gasteiger partial charge >= 0.3 is 0 Å². The Morgan fingerprint density at radius 1 is 1.10 bits per heavy atom. The molecule has 3 nitrogen and oxygen atoms in total. The van der Waals surface area contributed by atoms with Crippen LogP contribution in [0.3, 0.4) is 0 Å². The molecule has 0 aliphatic carbocycles. The van der Waals surface area contributed by atoms with Gasteiger partial charge in [-0.2, -0.15) is 0 Å². The summed E-state index contributed by atoms with van der Waals surface area (Å²) in [5.74, 6) is 1.67. The summed E-state index contributed by atoms with van der Waals surface area (Å²) in [6.07, 6.45) is 0. The first-order chi connectivity index (χ1) is 9.72. The zero-order chi connectivity index (χ0) is 13.9. The molecule has 0 bridgehead atoms. The van der Waals surface area contributed by atoms with Crippen molar-refractivity contribution in [2.75, 3.05) is 6.79 Å². The number of ether oxygens (including phenoxy) is 2. The third-order valence-electron chi connectivity index (χ3n) is 3.59. The molecule has 1 unspecified atom stereocenters. The van der Waals surface area contributed by atoms with Crippen LogP contribution in [0.4, 0.5) is 0 Å². The van der Waals surface area contributed by atoms with Crippen molar-refractivity contribution in [2.24, 2.45) is 0 Å². The maximum atomic E-state index is 5.40. The Kier molecular flexibility index (Phi) is 3.61. The Labute approximate surface area is 119 Å². The number of aryl methyl sites for hydroxylation is 1. The molecule has 104 valence electrons. The lowest BCUT2D eigenvalue weighted by atomic mass is 10.1. The van der Waals surface area contributed by atoms with Gasteiger partial charge < -0.3 is 14.8 Å². The quantitative estimate of drug-likeness (QED) is 0.920.